The quantitative estimate of drug-likeness (QED) is 0.930. The molecule has 0 saturated carbocycles. The highest BCUT2D eigenvalue weighted by Gasteiger charge is 2.25. The summed E-state index contributed by atoms with van der Waals surface area (Å²) in [7, 11) is 4.05. The van der Waals surface area contributed by atoms with E-state index in [9.17, 15) is 0 Å². The Balaban J connectivity index is 2.50. The van der Waals surface area contributed by atoms with Crippen molar-refractivity contribution in [3.63, 3.8) is 0 Å². The van der Waals surface area contributed by atoms with E-state index in [-0.39, 0.29) is 5.41 Å². The first kappa shape index (κ1) is 14.5. The zero-order valence-electron chi connectivity index (χ0n) is 12.9. The fourth-order valence-corrected chi connectivity index (χ4v) is 2.27. The number of rotatable bonds is 3. The van der Waals surface area contributed by atoms with Crippen molar-refractivity contribution in [2.45, 2.75) is 32.7 Å². The fourth-order valence-electron chi connectivity index (χ4n) is 2.27. The first-order valence-electron chi connectivity index (χ1n) is 6.77. The second kappa shape index (κ2) is 5.25. The van der Waals surface area contributed by atoms with Crippen molar-refractivity contribution in [2.24, 2.45) is 5.73 Å². The smallest absolute Gasteiger partial charge is 0.100 e. The maximum absolute atomic E-state index is 5.78. The van der Waals surface area contributed by atoms with Gasteiger partial charge in [-0.3, -0.25) is 0 Å². The lowest BCUT2D eigenvalue weighted by atomic mass is 9.90. The van der Waals surface area contributed by atoms with Gasteiger partial charge in [-0.2, -0.15) is 0 Å². The fraction of sp³-hybridized carbons (Fsp3) is 0.467. The van der Waals surface area contributed by atoms with Gasteiger partial charge in [0.15, 0.2) is 0 Å². The van der Waals surface area contributed by atoms with Crippen molar-refractivity contribution in [3.8, 4) is 5.69 Å². The number of benzene rings is 1. The van der Waals surface area contributed by atoms with Crippen molar-refractivity contribution in [2.75, 3.05) is 19.0 Å². The van der Waals surface area contributed by atoms with Crippen LogP contribution in [0.3, 0.4) is 0 Å². The van der Waals surface area contributed by atoms with Crippen LogP contribution >= 0.6 is 0 Å². The molecule has 108 valence electrons. The summed E-state index contributed by atoms with van der Waals surface area (Å²) in [5.41, 5.74) is 9.81. The van der Waals surface area contributed by atoms with Crippen LogP contribution in [0.5, 0.6) is 0 Å². The van der Waals surface area contributed by atoms with Gasteiger partial charge in [0.1, 0.15) is 5.69 Å². The van der Waals surface area contributed by atoms with E-state index in [2.05, 4.69) is 60.2 Å². The van der Waals surface area contributed by atoms with E-state index < -0.39 is 0 Å². The summed E-state index contributed by atoms with van der Waals surface area (Å²) in [6.45, 7) is 6.85. The van der Waals surface area contributed by atoms with Crippen LogP contribution in [0.15, 0.2) is 24.3 Å². The van der Waals surface area contributed by atoms with E-state index in [1.807, 2.05) is 18.8 Å². The van der Waals surface area contributed by atoms with Gasteiger partial charge in [-0.05, 0) is 24.3 Å². The molecule has 1 heterocycles. The molecule has 0 spiro atoms. The van der Waals surface area contributed by atoms with Crippen molar-refractivity contribution < 1.29 is 0 Å². The molecule has 0 aliphatic rings. The summed E-state index contributed by atoms with van der Waals surface area (Å²) in [5, 5.41) is 8.48. The van der Waals surface area contributed by atoms with Crippen molar-refractivity contribution in [3.05, 3.63) is 35.7 Å². The summed E-state index contributed by atoms with van der Waals surface area (Å²) in [6, 6.07) is 8.26. The Morgan fingerprint density at radius 2 is 1.75 bits per heavy atom. The molecular weight excluding hydrogens is 250 g/mol. The molecule has 2 rings (SSSR count). The molecule has 5 heteroatoms. The van der Waals surface area contributed by atoms with Crippen molar-refractivity contribution >= 4 is 5.69 Å². The minimum Gasteiger partial charge on any atom is -0.378 e. The highest BCUT2D eigenvalue weighted by Crippen LogP contribution is 2.27. The molecule has 0 fully saturated rings. The van der Waals surface area contributed by atoms with Crippen LogP contribution < -0.4 is 10.6 Å². The van der Waals surface area contributed by atoms with E-state index in [4.69, 9.17) is 5.73 Å². The van der Waals surface area contributed by atoms with Gasteiger partial charge in [0, 0.05) is 31.7 Å². The molecule has 20 heavy (non-hydrogen) atoms. The van der Waals surface area contributed by atoms with E-state index in [0.29, 0.717) is 6.54 Å². The maximum atomic E-state index is 5.78. The zero-order chi connectivity index (χ0) is 14.9. The molecule has 2 N–H and O–H groups in total. The van der Waals surface area contributed by atoms with Gasteiger partial charge in [-0.1, -0.05) is 26.0 Å². The minimum atomic E-state index is -0.0571. The molecule has 0 bridgehead atoms. The highest BCUT2D eigenvalue weighted by atomic mass is 15.4. The number of aromatic nitrogens is 3. The number of hydrogen-bond donors (Lipinski definition) is 1. The molecule has 1 aromatic heterocycles. The van der Waals surface area contributed by atoms with Gasteiger partial charge in [-0.15, -0.1) is 5.10 Å². The molecule has 0 unspecified atom stereocenters. The van der Waals surface area contributed by atoms with Crippen LogP contribution in [-0.2, 0) is 12.0 Å². The lowest BCUT2D eigenvalue weighted by Gasteiger charge is -2.21. The van der Waals surface area contributed by atoms with Crippen LogP contribution in [0.25, 0.3) is 5.69 Å². The molecule has 2 aromatic rings. The van der Waals surface area contributed by atoms with E-state index in [0.717, 1.165) is 22.8 Å². The molecule has 0 radical (unpaired) electrons. The highest BCUT2D eigenvalue weighted by molar-refractivity contribution is 5.50. The normalized spacial score (nSPS) is 11.7. The predicted octanol–water partition coefficient (Wildman–Crippen LogP) is 2.09. The average Bonchev–Trinajstić information content (AvgIpc) is 2.82. The molecule has 5 nitrogen and oxygen atoms in total. The molecule has 0 atom stereocenters. The summed E-state index contributed by atoms with van der Waals surface area (Å²) in [4.78, 5) is 2.07. The average molecular weight is 273 g/mol. The van der Waals surface area contributed by atoms with Gasteiger partial charge >= 0.3 is 0 Å². The van der Waals surface area contributed by atoms with Gasteiger partial charge in [-0.25, -0.2) is 4.68 Å². The number of anilines is 1. The Bertz CT molecular complexity index is 575. The summed E-state index contributed by atoms with van der Waals surface area (Å²) in [5.74, 6) is 0. The SMILES string of the molecule is CN(C)c1ccc(-n2nnc(CN)c2C(C)(C)C)cc1. The van der Waals surface area contributed by atoms with Crippen LogP contribution in [0.2, 0.25) is 0 Å². The van der Waals surface area contributed by atoms with Crippen LogP contribution in [0.1, 0.15) is 32.2 Å². The lowest BCUT2D eigenvalue weighted by Crippen LogP contribution is -2.20. The lowest BCUT2D eigenvalue weighted by molar-refractivity contribution is 0.537. The predicted molar refractivity (Wildman–Crippen MR) is 82.3 cm³/mol. The van der Waals surface area contributed by atoms with E-state index >= 15 is 0 Å². The third kappa shape index (κ3) is 2.67. The van der Waals surface area contributed by atoms with Crippen molar-refractivity contribution in [1.29, 1.82) is 0 Å². The van der Waals surface area contributed by atoms with Gasteiger partial charge in [0.25, 0.3) is 0 Å². The second-order valence-electron chi connectivity index (χ2n) is 6.16. The minimum absolute atomic E-state index is 0.0571. The summed E-state index contributed by atoms with van der Waals surface area (Å²) >= 11 is 0. The Kier molecular flexibility index (Phi) is 3.81. The molecule has 0 saturated heterocycles. The first-order chi connectivity index (χ1) is 9.34. The van der Waals surface area contributed by atoms with Gasteiger partial charge < -0.3 is 10.6 Å². The summed E-state index contributed by atoms with van der Waals surface area (Å²) < 4.78 is 1.89. The Labute approximate surface area is 120 Å². The number of nitrogens with two attached hydrogens (primary N) is 1. The van der Waals surface area contributed by atoms with Crippen LogP contribution in [0.4, 0.5) is 5.69 Å². The summed E-state index contributed by atoms with van der Waals surface area (Å²) in [6.07, 6.45) is 0. The first-order valence-corrected chi connectivity index (χ1v) is 6.77. The molecule has 1 aromatic carbocycles. The zero-order valence-corrected chi connectivity index (χ0v) is 12.9. The third-order valence-corrected chi connectivity index (χ3v) is 3.25. The second-order valence-corrected chi connectivity index (χ2v) is 6.16. The van der Waals surface area contributed by atoms with E-state index in [1.54, 1.807) is 0 Å². The van der Waals surface area contributed by atoms with Crippen LogP contribution in [-0.4, -0.2) is 29.1 Å². The topological polar surface area (TPSA) is 60.0 Å². The monoisotopic (exact) mass is 273 g/mol. The van der Waals surface area contributed by atoms with E-state index in [1.165, 1.54) is 0 Å². The maximum Gasteiger partial charge on any atom is 0.100 e. The number of hydrogen-bond acceptors (Lipinski definition) is 4. The van der Waals surface area contributed by atoms with Crippen molar-refractivity contribution in [1.82, 2.24) is 15.0 Å². The Hall–Kier alpha value is -1.88. The molecular formula is C15H23N5. The van der Waals surface area contributed by atoms with Gasteiger partial charge in [0.05, 0.1) is 11.4 Å². The molecule has 0 aliphatic carbocycles. The number of nitrogens with zero attached hydrogens (tertiary/aromatic N) is 4. The molecule has 0 amide bonds. The Morgan fingerprint density at radius 3 is 2.20 bits per heavy atom. The largest absolute Gasteiger partial charge is 0.378 e. The third-order valence-electron chi connectivity index (χ3n) is 3.25. The van der Waals surface area contributed by atoms with Crippen LogP contribution in [0, 0.1) is 0 Å². The Morgan fingerprint density at radius 1 is 1.15 bits per heavy atom. The molecule has 0 aliphatic heterocycles. The standard InChI is InChI=1S/C15H23N5/c1-15(2,3)14-13(10-16)17-18-20(14)12-8-6-11(7-9-12)19(4)5/h6-9H,10,16H2,1-5H3. The van der Waals surface area contributed by atoms with Gasteiger partial charge in [0.2, 0.25) is 0 Å².